The maximum atomic E-state index is 13.6. The summed E-state index contributed by atoms with van der Waals surface area (Å²) >= 11 is 0. The third-order valence-corrected chi connectivity index (χ3v) is 5.53. The average molecular weight is 465 g/mol. The van der Waals surface area contributed by atoms with Crippen LogP contribution < -0.4 is 9.64 Å². The van der Waals surface area contributed by atoms with Crippen LogP contribution in [0.15, 0.2) is 91.4 Å². The van der Waals surface area contributed by atoms with Crippen molar-refractivity contribution in [1.82, 2.24) is 9.55 Å². The Morgan fingerprint density at radius 1 is 0.882 bits per heavy atom. The van der Waals surface area contributed by atoms with Gasteiger partial charge in [-0.25, -0.2) is 9.37 Å². The monoisotopic (exact) mass is 465 g/mol. The molecule has 1 aromatic heterocycles. The van der Waals surface area contributed by atoms with Gasteiger partial charge in [-0.1, -0.05) is 42.5 Å². The third kappa shape index (κ3) is 4.66. The lowest BCUT2D eigenvalue weighted by Crippen LogP contribution is -2.23. The first-order valence-corrected chi connectivity index (χ1v) is 10.5. The van der Waals surface area contributed by atoms with E-state index in [1.807, 2.05) is 41.4 Å². The molecule has 0 saturated carbocycles. The van der Waals surface area contributed by atoms with E-state index in [0.29, 0.717) is 18.8 Å². The minimum Gasteiger partial charge on any atom is -0.406 e. The van der Waals surface area contributed by atoms with Crippen LogP contribution in [-0.2, 0) is 13.1 Å². The zero-order valence-electron chi connectivity index (χ0n) is 17.8. The molecule has 0 spiro atoms. The molecule has 8 heteroatoms. The molecule has 1 aliphatic rings. The van der Waals surface area contributed by atoms with Gasteiger partial charge in [0.15, 0.2) is 0 Å². The maximum Gasteiger partial charge on any atom is 0.573 e. The van der Waals surface area contributed by atoms with E-state index in [2.05, 4.69) is 14.3 Å². The van der Waals surface area contributed by atoms with Crippen LogP contribution in [0, 0.1) is 5.82 Å². The Labute approximate surface area is 193 Å². The van der Waals surface area contributed by atoms with Crippen molar-refractivity contribution >= 4 is 11.3 Å². The van der Waals surface area contributed by atoms with Crippen molar-refractivity contribution in [3.63, 3.8) is 0 Å². The predicted molar refractivity (Wildman–Crippen MR) is 121 cm³/mol. The number of ether oxygens (including phenoxy) is 1. The van der Waals surface area contributed by atoms with E-state index in [1.54, 1.807) is 30.6 Å². The van der Waals surface area contributed by atoms with Gasteiger partial charge in [0.25, 0.3) is 0 Å². The Bertz CT molecular complexity index is 1310. The Morgan fingerprint density at radius 3 is 2.26 bits per heavy atom. The van der Waals surface area contributed by atoms with Crippen LogP contribution in [0.2, 0.25) is 0 Å². The first kappa shape index (κ1) is 21.8. The van der Waals surface area contributed by atoms with Crippen molar-refractivity contribution in [3.8, 4) is 5.75 Å². The first-order valence-electron chi connectivity index (χ1n) is 10.5. The first-order chi connectivity index (χ1) is 16.4. The molecular weight excluding hydrogens is 446 g/mol. The highest BCUT2D eigenvalue weighted by Gasteiger charge is 2.31. The predicted octanol–water partition coefficient (Wildman–Crippen LogP) is 6.38. The Balaban J connectivity index is 1.52. The largest absolute Gasteiger partial charge is 0.573 e. The van der Waals surface area contributed by atoms with Crippen LogP contribution in [0.25, 0.3) is 5.57 Å². The van der Waals surface area contributed by atoms with Crippen molar-refractivity contribution in [3.05, 3.63) is 120 Å². The number of halogens is 4. The Kier molecular flexibility index (Phi) is 5.57. The Hall–Kier alpha value is -4.07. The highest BCUT2D eigenvalue weighted by molar-refractivity contribution is 5.83. The second kappa shape index (κ2) is 8.70. The Morgan fingerprint density at radius 2 is 1.59 bits per heavy atom. The number of hydrogen-bond acceptors (Lipinski definition) is 3. The number of fused-ring (bicyclic) bond motifs is 1. The van der Waals surface area contributed by atoms with E-state index in [-0.39, 0.29) is 11.6 Å². The van der Waals surface area contributed by atoms with Crippen LogP contribution in [0.4, 0.5) is 23.2 Å². The van der Waals surface area contributed by atoms with E-state index in [0.717, 1.165) is 28.1 Å². The smallest absolute Gasteiger partial charge is 0.406 e. The maximum absolute atomic E-state index is 13.6. The minimum absolute atomic E-state index is 0.288. The second-order valence-corrected chi connectivity index (χ2v) is 7.87. The number of hydrogen-bond donors (Lipinski definition) is 0. The fourth-order valence-electron chi connectivity index (χ4n) is 4.02. The van der Waals surface area contributed by atoms with Crippen LogP contribution in [0.5, 0.6) is 5.75 Å². The summed E-state index contributed by atoms with van der Waals surface area (Å²) in [5.74, 6) is -0.626. The average Bonchev–Trinajstić information content (AvgIpc) is 3.22. The van der Waals surface area contributed by atoms with Crippen molar-refractivity contribution in [2.75, 3.05) is 4.90 Å². The highest BCUT2D eigenvalue weighted by atomic mass is 19.4. The van der Waals surface area contributed by atoms with Crippen molar-refractivity contribution in [2.45, 2.75) is 19.5 Å². The quantitative estimate of drug-likeness (QED) is 0.321. The molecule has 172 valence electrons. The number of nitrogens with zero attached hydrogens (tertiary/aromatic N) is 3. The lowest BCUT2D eigenvalue weighted by Gasteiger charge is -2.28. The summed E-state index contributed by atoms with van der Waals surface area (Å²) in [7, 11) is 0. The number of aromatic nitrogens is 2. The summed E-state index contributed by atoms with van der Waals surface area (Å²) in [4.78, 5) is 6.52. The van der Waals surface area contributed by atoms with Crippen LogP contribution in [0.3, 0.4) is 0 Å². The van der Waals surface area contributed by atoms with Gasteiger partial charge in [-0.2, -0.15) is 0 Å². The zero-order valence-corrected chi connectivity index (χ0v) is 17.8. The van der Waals surface area contributed by atoms with Crippen LogP contribution in [0.1, 0.15) is 22.5 Å². The molecule has 4 nitrogen and oxygen atoms in total. The van der Waals surface area contributed by atoms with Gasteiger partial charge in [0, 0.05) is 24.0 Å². The lowest BCUT2D eigenvalue weighted by molar-refractivity contribution is -0.274. The minimum atomic E-state index is -4.75. The molecule has 4 aromatic rings. The van der Waals surface area contributed by atoms with Crippen molar-refractivity contribution in [1.29, 1.82) is 0 Å². The summed E-state index contributed by atoms with van der Waals surface area (Å²) < 4.78 is 57.2. The van der Waals surface area contributed by atoms with Crippen LogP contribution >= 0.6 is 0 Å². The van der Waals surface area contributed by atoms with E-state index in [4.69, 9.17) is 0 Å². The third-order valence-electron chi connectivity index (χ3n) is 5.53. The molecule has 34 heavy (non-hydrogen) atoms. The lowest BCUT2D eigenvalue weighted by atomic mass is 9.98. The highest BCUT2D eigenvalue weighted by Crippen LogP contribution is 2.35. The molecule has 2 heterocycles. The molecule has 0 amide bonds. The molecule has 0 fully saturated rings. The molecular formula is C26H19F4N3O. The molecule has 0 bridgehead atoms. The van der Waals surface area contributed by atoms with E-state index < -0.39 is 6.36 Å². The summed E-state index contributed by atoms with van der Waals surface area (Å²) in [5, 5.41) is 0. The van der Waals surface area contributed by atoms with Gasteiger partial charge in [-0.3, -0.25) is 0 Å². The number of imidazole rings is 1. The van der Waals surface area contributed by atoms with Gasteiger partial charge in [0.1, 0.15) is 11.6 Å². The van der Waals surface area contributed by atoms with Gasteiger partial charge < -0.3 is 14.2 Å². The summed E-state index contributed by atoms with van der Waals surface area (Å²) in [5.41, 5.74) is 5.17. The molecule has 0 radical (unpaired) electrons. The molecule has 0 saturated heterocycles. The number of alkyl halides is 3. The summed E-state index contributed by atoms with van der Waals surface area (Å²) in [6.07, 6.45) is -1.06. The fraction of sp³-hybridized carbons (Fsp3) is 0.115. The van der Waals surface area contributed by atoms with Crippen LogP contribution in [-0.4, -0.2) is 15.9 Å². The number of benzene rings is 3. The molecule has 0 aliphatic carbocycles. The van der Waals surface area contributed by atoms with Gasteiger partial charge in [-0.15, -0.1) is 13.2 Å². The molecule has 1 aliphatic heterocycles. The van der Waals surface area contributed by atoms with E-state index in [9.17, 15) is 17.6 Å². The number of anilines is 1. The molecule has 5 rings (SSSR count). The van der Waals surface area contributed by atoms with E-state index in [1.165, 1.54) is 24.3 Å². The van der Waals surface area contributed by atoms with Gasteiger partial charge in [0.05, 0.1) is 24.3 Å². The van der Waals surface area contributed by atoms with Gasteiger partial charge in [-0.05, 0) is 47.5 Å². The van der Waals surface area contributed by atoms with Crippen molar-refractivity contribution < 1.29 is 22.3 Å². The van der Waals surface area contributed by atoms with Gasteiger partial charge >= 0.3 is 6.36 Å². The summed E-state index contributed by atoms with van der Waals surface area (Å²) in [6.45, 7) is 1.05. The standard InChI is InChI=1S/C26H19F4N3O/c27-20-8-6-19(7-9-20)23-15-32(21-10-12-22(13-11-21)34-26(28,29)30)16-24-25(23)33(17-31-24)14-18-4-2-1-3-5-18/h1-13,15,17H,14,16H2. The number of rotatable bonds is 5. The van der Waals surface area contributed by atoms with Crippen molar-refractivity contribution in [2.24, 2.45) is 0 Å². The molecule has 0 N–H and O–H groups in total. The molecule has 0 unspecified atom stereocenters. The molecule has 0 atom stereocenters. The second-order valence-electron chi connectivity index (χ2n) is 7.87. The SMILES string of the molecule is Fc1ccc(C2=CN(c3ccc(OC(F)(F)F)cc3)Cc3ncn(Cc4ccccc4)c32)cc1. The normalized spacial score (nSPS) is 13.4. The zero-order chi connectivity index (χ0) is 23.7. The molecule has 3 aromatic carbocycles. The topological polar surface area (TPSA) is 30.3 Å². The fourth-order valence-corrected chi connectivity index (χ4v) is 4.02. The van der Waals surface area contributed by atoms with E-state index >= 15 is 0 Å². The summed E-state index contributed by atoms with van der Waals surface area (Å²) in [6, 6.07) is 21.9. The van der Waals surface area contributed by atoms with Gasteiger partial charge in [0.2, 0.25) is 0 Å².